The highest BCUT2D eigenvalue weighted by molar-refractivity contribution is 7.99. The number of benzene rings is 1. The van der Waals surface area contributed by atoms with Crippen molar-refractivity contribution >= 4 is 20.1 Å². The molecule has 142 valence electrons. The summed E-state index contributed by atoms with van der Waals surface area (Å²) in [4.78, 5) is 3.56. The van der Waals surface area contributed by atoms with Crippen molar-refractivity contribution in [1.29, 1.82) is 0 Å². The fourth-order valence-corrected chi connectivity index (χ4v) is 7.94. The Bertz CT molecular complexity index is 501. The van der Waals surface area contributed by atoms with Crippen LogP contribution in [-0.2, 0) is 9.16 Å². The minimum atomic E-state index is -1.64. The van der Waals surface area contributed by atoms with E-state index in [1.54, 1.807) is 0 Å². The van der Waals surface area contributed by atoms with E-state index in [4.69, 9.17) is 9.16 Å². The third kappa shape index (κ3) is 5.33. The molecular formula is C20H35NO2SSi. The molecule has 2 rings (SSSR count). The van der Waals surface area contributed by atoms with Crippen LogP contribution in [0, 0.1) is 0 Å². The number of likely N-dealkylation sites (N-methyl/N-ethyl adjacent to an activating group) is 1. The minimum absolute atomic E-state index is 0.163. The summed E-state index contributed by atoms with van der Waals surface area (Å²) in [5, 5.41) is 0. The SMILES string of the molecule is CC[Si](CC)(CC)O[C@H]1C[C@H](Sc2ccccc2)O[C@@H](C)[C@H]1N(C)C. The summed E-state index contributed by atoms with van der Waals surface area (Å²) in [5.41, 5.74) is 0.163. The third-order valence-electron chi connectivity index (χ3n) is 5.59. The molecule has 0 N–H and O–H groups in total. The second-order valence-corrected chi connectivity index (χ2v) is 13.2. The van der Waals surface area contributed by atoms with Gasteiger partial charge in [0.2, 0.25) is 0 Å². The van der Waals surface area contributed by atoms with E-state index in [9.17, 15) is 0 Å². The summed E-state index contributed by atoms with van der Waals surface area (Å²) in [5.74, 6) is 0. The number of thioether (sulfide) groups is 1. The predicted octanol–water partition coefficient (Wildman–Crippen LogP) is 5.23. The predicted molar refractivity (Wildman–Crippen MR) is 111 cm³/mol. The zero-order valence-corrected chi connectivity index (χ0v) is 18.5. The maximum atomic E-state index is 6.94. The highest BCUT2D eigenvalue weighted by Crippen LogP contribution is 2.37. The Labute approximate surface area is 159 Å². The molecule has 4 atom stereocenters. The Balaban J connectivity index is 2.16. The molecule has 5 heteroatoms. The topological polar surface area (TPSA) is 21.7 Å². The molecule has 0 spiro atoms. The molecule has 0 unspecified atom stereocenters. The fraction of sp³-hybridized carbons (Fsp3) is 0.700. The Hall–Kier alpha value is -0.333. The molecular weight excluding hydrogens is 346 g/mol. The van der Waals surface area contributed by atoms with Crippen molar-refractivity contribution < 1.29 is 9.16 Å². The van der Waals surface area contributed by atoms with Gasteiger partial charge in [0.1, 0.15) is 5.44 Å². The summed E-state index contributed by atoms with van der Waals surface area (Å²) in [6.07, 6.45) is 1.39. The van der Waals surface area contributed by atoms with Gasteiger partial charge < -0.3 is 14.1 Å². The molecule has 1 heterocycles. The second-order valence-electron chi connectivity index (χ2n) is 7.29. The smallest absolute Gasteiger partial charge is 0.192 e. The van der Waals surface area contributed by atoms with Crippen LogP contribution in [0.15, 0.2) is 35.2 Å². The molecule has 0 aliphatic carbocycles. The number of ether oxygens (including phenoxy) is 1. The van der Waals surface area contributed by atoms with Gasteiger partial charge in [-0.2, -0.15) is 0 Å². The molecule has 1 aliphatic heterocycles. The standard InChI is InChI=1S/C20H35NO2SSi/c1-7-25(8-2,9-3)23-18-15-19(22-16(4)20(18)21(5)6)24-17-13-11-10-12-14-17/h10-14,16,18-20H,7-9,15H2,1-6H3/t16-,18-,19-,20+/m0/s1. The van der Waals surface area contributed by atoms with E-state index in [0.29, 0.717) is 6.04 Å². The van der Waals surface area contributed by atoms with Gasteiger partial charge in [-0.15, -0.1) is 0 Å². The zero-order chi connectivity index (χ0) is 18.4. The van der Waals surface area contributed by atoms with E-state index in [1.807, 2.05) is 11.8 Å². The monoisotopic (exact) mass is 381 g/mol. The summed E-state index contributed by atoms with van der Waals surface area (Å²) in [6.45, 7) is 9.13. The van der Waals surface area contributed by atoms with Gasteiger partial charge in [0.15, 0.2) is 8.32 Å². The molecule has 1 saturated heterocycles. The highest BCUT2D eigenvalue weighted by Gasteiger charge is 2.43. The van der Waals surface area contributed by atoms with E-state index < -0.39 is 8.32 Å². The first-order valence-corrected chi connectivity index (χ1v) is 13.1. The van der Waals surface area contributed by atoms with Crippen LogP contribution in [0.25, 0.3) is 0 Å². The molecule has 0 saturated carbocycles. The van der Waals surface area contributed by atoms with Crippen molar-refractivity contribution in [3.05, 3.63) is 30.3 Å². The van der Waals surface area contributed by atoms with Gasteiger partial charge >= 0.3 is 0 Å². The van der Waals surface area contributed by atoms with Crippen LogP contribution in [0.1, 0.15) is 34.1 Å². The van der Waals surface area contributed by atoms with Crippen LogP contribution in [0.3, 0.4) is 0 Å². The van der Waals surface area contributed by atoms with Crippen molar-refractivity contribution in [3.63, 3.8) is 0 Å². The number of hydrogen-bond donors (Lipinski definition) is 0. The van der Waals surface area contributed by atoms with Crippen LogP contribution >= 0.6 is 11.8 Å². The van der Waals surface area contributed by atoms with Crippen molar-refractivity contribution in [1.82, 2.24) is 4.90 Å². The molecule has 0 aromatic heterocycles. The molecule has 3 nitrogen and oxygen atoms in total. The number of rotatable bonds is 8. The quantitative estimate of drug-likeness (QED) is 0.574. The molecule has 0 amide bonds. The highest BCUT2D eigenvalue weighted by atomic mass is 32.2. The first-order valence-electron chi connectivity index (χ1n) is 9.66. The normalized spacial score (nSPS) is 27.6. The molecule has 0 bridgehead atoms. The average Bonchev–Trinajstić information content (AvgIpc) is 2.60. The molecule has 1 aliphatic rings. The van der Waals surface area contributed by atoms with Crippen LogP contribution in [-0.4, -0.2) is 51.0 Å². The minimum Gasteiger partial charge on any atom is -0.412 e. The molecule has 0 radical (unpaired) electrons. The lowest BCUT2D eigenvalue weighted by Gasteiger charge is -2.46. The van der Waals surface area contributed by atoms with Crippen LogP contribution in [0.2, 0.25) is 18.1 Å². The largest absolute Gasteiger partial charge is 0.412 e. The number of hydrogen-bond acceptors (Lipinski definition) is 4. The second kappa shape index (κ2) is 9.56. The van der Waals surface area contributed by atoms with E-state index in [2.05, 4.69) is 77.0 Å². The summed E-state index contributed by atoms with van der Waals surface area (Å²) >= 11 is 1.83. The third-order valence-corrected chi connectivity index (χ3v) is 11.4. The van der Waals surface area contributed by atoms with Crippen LogP contribution < -0.4 is 0 Å². The van der Waals surface area contributed by atoms with Gasteiger partial charge in [0, 0.05) is 11.3 Å². The first-order chi connectivity index (χ1) is 11.9. The molecule has 1 fully saturated rings. The fourth-order valence-electron chi connectivity index (χ4n) is 3.92. The maximum absolute atomic E-state index is 6.94. The lowest BCUT2D eigenvalue weighted by atomic mass is 9.99. The lowest BCUT2D eigenvalue weighted by molar-refractivity contribution is -0.0989. The molecule has 1 aromatic carbocycles. The van der Waals surface area contributed by atoms with Crippen molar-refractivity contribution in [3.8, 4) is 0 Å². The van der Waals surface area contributed by atoms with E-state index in [-0.39, 0.29) is 17.6 Å². The van der Waals surface area contributed by atoms with Crippen molar-refractivity contribution in [2.45, 2.75) is 80.8 Å². The lowest BCUT2D eigenvalue weighted by Crippen LogP contribution is -2.57. The van der Waals surface area contributed by atoms with Gasteiger partial charge in [-0.3, -0.25) is 0 Å². The average molecular weight is 382 g/mol. The van der Waals surface area contributed by atoms with E-state index in [0.717, 1.165) is 6.42 Å². The Morgan fingerprint density at radius 2 is 1.72 bits per heavy atom. The Morgan fingerprint density at radius 1 is 1.12 bits per heavy atom. The Morgan fingerprint density at radius 3 is 2.24 bits per heavy atom. The van der Waals surface area contributed by atoms with Crippen LogP contribution in [0.5, 0.6) is 0 Å². The van der Waals surface area contributed by atoms with Crippen molar-refractivity contribution in [2.24, 2.45) is 0 Å². The van der Waals surface area contributed by atoms with Gasteiger partial charge in [0.05, 0.1) is 18.2 Å². The Kier molecular flexibility index (Phi) is 8.02. The number of nitrogens with zero attached hydrogens (tertiary/aromatic N) is 1. The van der Waals surface area contributed by atoms with Gasteiger partial charge in [-0.1, -0.05) is 50.7 Å². The van der Waals surface area contributed by atoms with Crippen molar-refractivity contribution in [2.75, 3.05) is 14.1 Å². The van der Waals surface area contributed by atoms with Gasteiger partial charge in [-0.25, -0.2) is 0 Å². The maximum Gasteiger partial charge on any atom is 0.192 e. The van der Waals surface area contributed by atoms with E-state index >= 15 is 0 Å². The van der Waals surface area contributed by atoms with E-state index in [1.165, 1.54) is 23.0 Å². The molecule has 1 aromatic rings. The summed E-state index contributed by atoms with van der Waals surface area (Å²) in [6, 6.07) is 14.5. The summed E-state index contributed by atoms with van der Waals surface area (Å²) < 4.78 is 13.3. The van der Waals surface area contributed by atoms with Crippen LogP contribution in [0.4, 0.5) is 0 Å². The van der Waals surface area contributed by atoms with Gasteiger partial charge in [-0.05, 0) is 51.3 Å². The van der Waals surface area contributed by atoms with Gasteiger partial charge in [0.25, 0.3) is 0 Å². The molecule has 25 heavy (non-hydrogen) atoms. The summed E-state index contributed by atoms with van der Waals surface area (Å²) in [7, 11) is 2.67. The first kappa shape index (κ1) is 21.0. The zero-order valence-electron chi connectivity index (χ0n) is 16.7.